The predicted octanol–water partition coefficient (Wildman–Crippen LogP) is 0.845. The van der Waals surface area contributed by atoms with Crippen LogP contribution in [-0.2, 0) is 6.54 Å². The SMILES string of the molecule is NCc1cccc(C2CCN(C(=O)c3cccc(B(O)O)c3)CC2)c1. The number of hydrogen-bond donors (Lipinski definition) is 3. The van der Waals surface area contributed by atoms with E-state index in [1.807, 2.05) is 17.0 Å². The van der Waals surface area contributed by atoms with E-state index >= 15 is 0 Å². The lowest BCUT2D eigenvalue weighted by Gasteiger charge is -2.32. The Morgan fingerprint density at radius 2 is 1.84 bits per heavy atom. The molecule has 1 aliphatic rings. The van der Waals surface area contributed by atoms with Crippen LogP contribution in [0, 0.1) is 0 Å². The van der Waals surface area contributed by atoms with Gasteiger partial charge in [0.25, 0.3) is 5.91 Å². The van der Waals surface area contributed by atoms with Crippen molar-refractivity contribution in [2.45, 2.75) is 25.3 Å². The van der Waals surface area contributed by atoms with Crippen LogP contribution in [0.15, 0.2) is 48.5 Å². The molecule has 3 rings (SSSR count). The molecule has 1 fully saturated rings. The van der Waals surface area contributed by atoms with Gasteiger partial charge in [-0.3, -0.25) is 4.79 Å². The number of piperidine rings is 1. The molecular formula is C19H23BN2O3. The second-order valence-electron chi connectivity index (χ2n) is 6.51. The maximum atomic E-state index is 12.7. The van der Waals surface area contributed by atoms with Crippen molar-refractivity contribution in [3.8, 4) is 0 Å². The zero-order valence-corrected chi connectivity index (χ0v) is 14.1. The van der Waals surface area contributed by atoms with E-state index in [4.69, 9.17) is 5.73 Å². The monoisotopic (exact) mass is 338 g/mol. The summed E-state index contributed by atoms with van der Waals surface area (Å²) < 4.78 is 0. The van der Waals surface area contributed by atoms with E-state index in [0.29, 0.717) is 36.6 Å². The molecule has 4 N–H and O–H groups in total. The highest BCUT2D eigenvalue weighted by molar-refractivity contribution is 6.58. The van der Waals surface area contributed by atoms with Crippen molar-refractivity contribution in [1.29, 1.82) is 0 Å². The number of rotatable bonds is 4. The van der Waals surface area contributed by atoms with Crippen molar-refractivity contribution in [1.82, 2.24) is 4.90 Å². The van der Waals surface area contributed by atoms with Gasteiger partial charge >= 0.3 is 7.12 Å². The van der Waals surface area contributed by atoms with Crippen LogP contribution in [0.1, 0.15) is 40.2 Å². The summed E-state index contributed by atoms with van der Waals surface area (Å²) in [7, 11) is -1.56. The van der Waals surface area contributed by atoms with Crippen molar-refractivity contribution < 1.29 is 14.8 Å². The van der Waals surface area contributed by atoms with Crippen molar-refractivity contribution >= 4 is 18.5 Å². The third-order valence-corrected chi connectivity index (χ3v) is 4.87. The fraction of sp³-hybridized carbons (Fsp3) is 0.316. The number of hydrogen-bond acceptors (Lipinski definition) is 4. The standard InChI is InChI=1S/C19H23BN2O3/c21-13-14-3-1-4-16(11-14)15-7-9-22(10-8-15)19(23)17-5-2-6-18(12-17)20(24)25/h1-6,11-12,15,24-25H,7-10,13,21H2. The van der Waals surface area contributed by atoms with Gasteiger partial charge in [0.05, 0.1) is 0 Å². The van der Waals surface area contributed by atoms with E-state index in [2.05, 4.69) is 12.1 Å². The first-order chi connectivity index (χ1) is 12.1. The van der Waals surface area contributed by atoms with E-state index < -0.39 is 7.12 Å². The van der Waals surface area contributed by atoms with Crippen molar-refractivity contribution in [2.75, 3.05) is 13.1 Å². The fourth-order valence-electron chi connectivity index (χ4n) is 3.40. The van der Waals surface area contributed by atoms with Gasteiger partial charge in [0.2, 0.25) is 0 Å². The largest absolute Gasteiger partial charge is 0.488 e. The molecule has 0 unspecified atom stereocenters. The Morgan fingerprint density at radius 1 is 1.12 bits per heavy atom. The van der Waals surface area contributed by atoms with Gasteiger partial charge in [-0.1, -0.05) is 36.4 Å². The van der Waals surface area contributed by atoms with Crippen LogP contribution in [-0.4, -0.2) is 41.1 Å². The summed E-state index contributed by atoms with van der Waals surface area (Å²) in [5.41, 5.74) is 8.97. The molecule has 0 bridgehead atoms. The Morgan fingerprint density at radius 3 is 2.52 bits per heavy atom. The molecule has 0 spiro atoms. The molecule has 1 amide bonds. The zero-order chi connectivity index (χ0) is 17.8. The quantitative estimate of drug-likeness (QED) is 0.721. The molecule has 6 heteroatoms. The number of likely N-dealkylation sites (tertiary alicyclic amines) is 1. The number of benzene rings is 2. The van der Waals surface area contributed by atoms with Crippen LogP contribution in [0.5, 0.6) is 0 Å². The summed E-state index contributed by atoms with van der Waals surface area (Å²) in [5, 5.41) is 18.5. The molecule has 25 heavy (non-hydrogen) atoms. The molecule has 1 heterocycles. The molecule has 0 atom stereocenters. The Bertz CT molecular complexity index is 743. The van der Waals surface area contributed by atoms with Crippen molar-refractivity contribution in [3.05, 3.63) is 65.2 Å². The van der Waals surface area contributed by atoms with Gasteiger partial charge in [0.1, 0.15) is 0 Å². The minimum atomic E-state index is -1.56. The molecule has 2 aromatic carbocycles. The minimum Gasteiger partial charge on any atom is -0.423 e. The second kappa shape index (κ2) is 7.82. The van der Waals surface area contributed by atoms with Crippen LogP contribution < -0.4 is 11.2 Å². The molecule has 2 aromatic rings. The van der Waals surface area contributed by atoms with Gasteiger partial charge in [-0.2, -0.15) is 0 Å². The second-order valence-corrected chi connectivity index (χ2v) is 6.51. The Balaban J connectivity index is 1.65. The lowest BCUT2D eigenvalue weighted by atomic mass is 9.79. The predicted molar refractivity (Wildman–Crippen MR) is 98.5 cm³/mol. The highest BCUT2D eigenvalue weighted by Gasteiger charge is 2.25. The van der Waals surface area contributed by atoms with E-state index in [-0.39, 0.29) is 5.91 Å². The number of nitrogens with two attached hydrogens (primary N) is 1. The molecule has 5 nitrogen and oxygen atoms in total. The van der Waals surface area contributed by atoms with E-state index in [0.717, 1.165) is 18.4 Å². The Labute approximate surface area is 148 Å². The summed E-state index contributed by atoms with van der Waals surface area (Å²) in [6, 6.07) is 14.9. The summed E-state index contributed by atoms with van der Waals surface area (Å²) in [6.45, 7) is 1.93. The molecule has 0 aliphatic carbocycles. The first-order valence-electron chi connectivity index (χ1n) is 8.62. The van der Waals surface area contributed by atoms with Gasteiger partial charge in [-0.05, 0) is 47.5 Å². The first kappa shape index (κ1) is 17.7. The summed E-state index contributed by atoms with van der Waals surface area (Å²) in [4.78, 5) is 14.5. The summed E-state index contributed by atoms with van der Waals surface area (Å²) in [6.07, 6.45) is 1.84. The number of nitrogens with zero attached hydrogens (tertiary/aromatic N) is 1. The average Bonchev–Trinajstić information content (AvgIpc) is 2.67. The Kier molecular flexibility index (Phi) is 5.53. The van der Waals surface area contributed by atoms with Gasteiger partial charge in [0.15, 0.2) is 0 Å². The molecule has 1 saturated heterocycles. The van der Waals surface area contributed by atoms with Gasteiger partial charge in [-0.15, -0.1) is 0 Å². The molecule has 0 radical (unpaired) electrons. The van der Waals surface area contributed by atoms with Crippen molar-refractivity contribution in [3.63, 3.8) is 0 Å². The highest BCUT2D eigenvalue weighted by atomic mass is 16.4. The number of amides is 1. The Hall–Kier alpha value is -2.15. The molecule has 130 valence electrons. The summed E-state index contributed by atoms with van der Waals surface area (Å²) in [5.74, 6) is 0.387. The topological polar surface area (TPSA) is 86.8 Å². The minimum absolute atomic E-state index is 0.0586. The maximum Gasteiger partial charge on any atom is 0.488 e. The normalized spacial score (nSPS) is 15.2. The zero-order valence-electron chi connectivity index (χ0n) is 14.1. The van der Waals surface area contributed by atoms with Gasteiger partial charge in [0, 0.05) is 25.2 Å². The molecule has 0 aromatic heterocycles. The van der Waals surface area contributed by atoms with Gasteiger partial charge < -0.3 is 20.7 Å². The van der Waals surface area contributed by atoms with Gasteiger partial charge in [-0.25, -0.2) is 0 Å². The number of carbonyl (C=O) groups excluding carboxylic acids is 1. The first-order valence-corrected chi connectivity index (χ1v) is 8.62. The molecule has 1 aliphatic heterocycles. The van der Waals surface area contributed by atoms with E-state index in [9.17, 15) is 14.8 Å². The lowest BCUT2D eigenvalue weighted by molar-refractivity contribution is 0.0713. The van der Waals surface area contributed by atoms with Crippen LogP contribution >= 0.6 is 0 Å². The van der Waals surface area contributed by atoms with Crippen molar-refractivity contribution in [2.24, 2.45) is 5.73 Å². The number of carbonyl (C=O) groups is 1. The van der Waals surface area contributed by atoms with Crippen LogP contribution in [0.25, 0.3) is 0 Å². The van der Waals surface area contributed by atoms with Crippen LogP contribution in [0.2, 0.25) is 0 Å². The maximum absolute atomic E-state index is 12.7. The molecule has 0 saturated carbocycles. The van der Waals surface area contributed by atoms with E-state index in [1.54, 1.807) is 24.3 Å². The third kappa shape index (κ3) is 4.10. The van der Waals surface area contributed by atoms with E-state index in [1.165, 1.54) is 5.56 Å². The molecular weight excluding hydrogens is 315 g/mol. The summed E-state index contributed by atoms with van der Waals surface area (Å²) >= 11 is 0. The fourth-order valence-corrected chi connectivity index (χ4v) is 3.40. The average molecular weight is 338 g/mol. The van der Waals surface area contributed by atoms with Crippen LogP contribution in [0.4, 0.5) is 0 Å². The third-order valence-electron chi connectivity index (χ3n) is 4.87. The highest BCUT2D eigenvalue weighted by Crippen LogP contribution is 2.29. The van der Waals surface area contributed by atoms with Crippen LogP contribution in [0.3, 0.4) is 0 Å². The lowest BCUT2D eigenvalue weighted by Crippen LogP contribution is -2.39. The smallest absolute Gasteiger partial charge is 0.423 e.